The first kappa shape index (κ1) is 27.1. The number of alkyl halides is 6. The molecule has 2 saturated heterocycles. The Hall–Kier alpha value is -2.97. The van der Waals surface area contributed by atoms with Crippen molar-refractivity contribution >= 4 is 33.2 Å². The van der Waals surface area contributed by atoms with E-state index >= 15 is 0 Å². The van der Waals surface area contributed by atoms with Crippen LogP contribution in [-0.4, -0.2) is 69.5 Å². The molecule has 200 valence electrons. The van der Waals surface area contributed by atoms with Crippen LogP contribution in [0.15, 0.2) is 30.3 Å². The summed E-state index contributed by atoms with van der Waals surface area (Å²) in [5, 5.41) is 16.5. The molecule has 0 radical (unpaired) electrons. The quantitative estimate of drug-likeness (QED) is 0.273. The smallest absolute Gasteiger partial charge is 0.430 e. The van der Waals surface area contributed by atoms with Crippen molar-refractivity contribution in [2.24, 2.45) is 0 Å². The number of carboxylic acid groups (broad SMARTS) is 1. The first-order valence-electron chi connectivity index (χ1n) is 11.4. The average molecular weight is 548 g/mol. The van der Waals surface area contributed by atoms with Gasteiger partial charge in [-0.2, -0.15) is 26.3 Å². The highest BCUT2D eigenvalue weighted by Crippen LogP contribution is 2.40. The number of hydrogen-bond acceptors (Lipinski definition) is 7. The molecule has 0 aromatic heterocycles. The van der Waals surface area contributed by atoms with Crippen molar-refractivity contribution < 1.29 is 36.2 Å². The molecule has 4 aliphatic rings. The van der Waals surface area contributed by atoms with Gasteiger partial charge in [0.05, 0.1) is 39.4 Å². The van der Waals surface area contributed by atoms with Crippen LogP contribution in [0.5, 0.6) is 0 Å². The van der Waals surface area contributed by atoms with Gasteiger partial charge in [-0.1, -0.05) is 0 Å². The van der Waals surface area contributed by atoms with Crippen LogP contribution in [0.4, 0.5) is 32.0 Å². The number of aliphatic carboxylic acids is 1. The van der Waals surface area contributed by atoms with Crippen molar-refractivity contribution in [2.45, 2.75) is 12.4 Å². The van der Waals surface area contributed by atoms with Gasteiger partial charge in [-0.25, -0.2) is 9.56 Å². The summed E-state index contributed by atoms with van der Waals surface area (Å²) in [5.41, 5.74) is 0.602. The molecular weight excluding hydrogens is 524 g/mol. The number of halogens is 6. The van der Waals surface area contributed by atoms with Gasteiger partial charge in [0.25, 0.3) is 0 Å². The predicted octanol–water partition coefficient (Wildman–Crippen LogP) is 1.50. The van der Waals surface area contributed by atoms with Crippen LogP contribution in [0.25, 0.3) is 20.8 Å². The van der Waals surface area contributed by atoms with Gasteiger partial charge in [-0.05, 0) is 18.2 Å². The number of nitrogens with zero attached hydrogens (tertiary/aromatic N) is 3. The molecule has 0 amide bonds. The number of rotatable bonds is 1. The molecule has 5 rings (SSSR count). The first-order valence-corrected chi connectivity index (χ1v) is 12.2. The maximum absolute atomic E-state index is 13.9. The third kappa shape index (κ3) is 6.48. The lowest BCUT2D eigenvalue weighted by atomic mass is 10.1. The van der Waals surface area contributed by atoms with E-state index < -0.39 is 23.9 Å². The molecule has 1 aliphatic carbocycles. The average Bonchev–Trinajstić information content (AvgIpc) is 2.86. The Morgan fingerprint density at radius 1 is 0.973 bits per heavy atom. The van der Waals surface area contributed by atoms with Crippen LogP contribution in [0.3, 0.4) is 0 Å². The van der Waals surface area contributed by atoms with Crippen LogP contribution in [0.1, 0.15) is 5.56 Å². The highest BCUT2D eigenvalue weighted by Gasteiger charge is 2.35. The second kappa shape index (κ2) is 10.8. The number of aromatic nitrogens is 1. The summed E-state index contributed by atoms with van der Waals surface area (Å²) in [6.45, 7) is 6.63. The van der Waals surface area contributed by atoms with E-state index in [1.54, 1.807) is 0 Å². The van der Waals surface area contributed by atoms with E-state index in [0.717, 1.165) is 49.5 Å². The second-order valence-corrected chi connectivity index (χ2v) is 9.55. The molecule has 0 saturated carbocycles. The number of carboxylic acids is 1. The summed E-state index contributed by atoms with van der Waals surface area (Å²) in [5.74, 6) is -3.01. The number of carbonyl (C=O) groups is 1. The zero-order chi connectivity index (χ0) is 26.8. The fourth-order valence-corrected chi connectivity index (χ4v) is 5.21. The Kier molecular flexibility index (Phi) is 7.90. The molecule has 0 unspecified atom stereocenters. The lowest BCUT2D eigenvalue weighted by molar-refractivity contribution is -0.344. The Morgan fingerprint density at radius 2 is 1.59 bits per heavy atom. The molecule has 3 heterocycles. The van der Waals surface area contributed by atoms with Gasteiger partial charge in [0.2, 0.25) is 5.36 Å². The number of hydrogen-bond donors (Lipinski definition) is 2. The van der Waals surface area contributed by atoms with E-state index in [0.29, 0.717) is 29.2 Å². The van der Waals surface area contributed by atoms with Crippen LogP contribution in [-0.2, 0) is 11.0 Å². The Balaban J connectivity index is 0.000000405. The summed E-state index contributed by atoms with van der Waals surface area (Å²) >= 11 is 1.39. The lowest BCUT2D eigenvalue weighted by Gasteiger charge is -2.30. The monoisotopic (exact) mass is 547 g/mol. The number of nitrogens with one attached hydrogen (secondary N) is 2. The van der Waals surface area contributed by atoms with E-state index in [2.05, 4.69) is 26.3 Å². The number of piperazine rings is 2. The van der Waals surface area contributed by atoms with Crippen molar-refractivity contribution in [3.63, 3.8) is 0 Å². The third-order valence-corrected chi connectivity index (χ3v) is 7.03. The molecular formula is C23H23F6N5O2S. The zero-order valence-electron chi connectivity index (χ0n) is 19.4. The van der Waals surface area contributed by atoms with Crippen molar-refractivity contribution in [2.75, 3.05) is 57.3 Å². The summed E-state index contributed by atoms with van der Waals surface area (Å²) in [6.07, 6.45) is -9.64. The van der Waals surface area contributed by atoms with Gasteiger partial charge in [0, 0.05) is 44.0 Å². The lowest BCUT2D eigenvalue weighted by Crippen LogP contribution is -2.45. The Labute approximate surface area is 211 Å². The summed E-state index contributed by atoms with van der Waals surface area (Å²) in [6, 6.07) is 8.98. The largest absolute Gasteiger partial charge is 0.542 e. The van der Waals surface area contributed by atoms with Crippen molar-refractivity contribution in [1.82, 2.24) is 20.2 Å². The molecule has 2 N–H and O–H groups in total. The molecule has 1 aromatic rings. The van der Waals surface area contributed by atoms with Crippen LogP contribution >= 0.6 is 11.3 Å². The van der Waals surface area contributed by atoms with Crippen molar-refractivity contribution in [3.05, 3.63) is 41.3 Å². The van der Waals surface area contributed by atoms with Crippen LogP contribution < -0.4 is 30.6 Å². The first-order chi connectivity index (χ1) is 17.4. The maximum Gasteiger partial charge on any atom is 0.430 e. The van der Waals surface area contributed by atoms with Crippen molar-refractivity contribution in [3.8, 4) is 10.6 Å². The topological polar surface area (TPSA) is 83.3 Å². The van der Waals surface area contributed by atoms with Gasteiger partial charge in [-0.3, -0.25) is 0 Å². The zero-order valence-corrected chi connectivity index (χ0v) is 20.2. The van der Waals surface area contributed by atoms with E-state index in [1.165, 1.54) is 17.4 Å². The number of carbonyl (C=O) groups excluding carboxylic acids is 1. The van der Waals surface area contributed by atoms with E-state index in [9.17, 15) is 26.3 Å². The van der Waals surface area contributed by atoms with Gasteiger partial charge < -0.3 is 25.4 Å². The van der Waals surface area contributed by atoms with E-state index in [1.807, 2.05) is 23.1 Å². The predicted molar refractivity (Wildman–Crippen MR) is 125 cm³/mol. The van der Waals surface area contributed by atoms with Crippen molar-refractivity contribution in [1.29, 1.82) is 0 Å². The summed E-state index contributed by atoms with van der Waals surface area (Å²) in [7, 11) is 0. The SMILES string of the molecule is FC(F)(F)c1cc(N2CCNCC2)cc2sc3cc(=[N+]4CCNCC4)ccc-3nc12.O=C([O-])C(F)(F)F. The van der Waals surface area contributed by atoms with E-state index in [-0.39, 0.29) is 5.52 Å². The summed E-state index contributed by atoms with van der Waals surface area (Å²) < 4.78 is 76.1. The van der Waals surface area contributed by atoms with Gasteiger partial charge in [0.15, 0.2) is 13.1 Å². The number of fused-ring (bicyclic) bond motifs is 2. The molecule has 3 aliphatic heterocycles. The minimum Gasteiger partial charge on any atom is -0.542 e. The second-order valence-electron chi connectivity index (χ2n) is 8.46. The van der Waals surface area contributed by atoms with Gasteiger partial charge >= 0.3 is 12.4 Å². The van der Waals surface area contributed by atoms with Crippen LogP contribution in [0, 0.1) is 0 Å². The molecule has 14 heteroatoms. The minimum absolute atomic E-state index is 0.0359. The highest BCUT2D eigenvalue weighted by atomic mass is 32.1. The molecule has 37 heavy (non-hydrogen) atoms. The molecule has 1 aromatic carbocycles. The fourth-order valence-electron chi connectivity index (χ4n) is 4.14. The summed E-state index contributed by atoms with van der Waals surface area (Å²) in [4.78, 5) is 16.1. The standard InChI is InChI=1S/C21H23F3N5S.C2HF3O2/c22-21(23,24)16-11-15(29-9-5-26-6-10-29)13-19-20(16)27-17-2-1-14(12-18(17)30-19)28-7-3-25-4-8-28;3-2(4,5)1(6)7/h1-2,11-13,25-26H,3-10H2;(H,6,7)/q+1;/p-1. The number of anilines is 1. The molecule has 7 nitrogen and oxygen atoms in total. The molecule has 0 atom stereocenters. The highest BCUT2D eigenvalue weighted by molar-refractivity contribution is 7.21. The fraction of sp³-hybridized carbons (Fsp3) is 0.435. The number of benzene rings is 2. The Bertz CT molecular complexity index is 1310. The molecule has 0 spiro atoms. The Morgan fingerprint density at radius 3 is 2.19 bits per heavy atom. The normalized spacial score (nSPS) is 17.0. The van der Waals surface area contributed by atoms with E-state index in [4.69, 9.17) is 9.90 Å². The van der Waals surface area contributed by atoms with Crippen LogP contribution in [0.2, 0.25) is 0 Å². The maximum atomic E-state index is 13.9. The third-order valence-electron chi connectivity index (χ3n) is 5.96. The molecule has 0 bridgehead atoms. The van der Waals surface area contributed by atoms with Gasteiger partial charge in [0.1, 0.15) is 5.97 Å². The molecule has 2 fully saturated rings. The van der Waals surface area contributed by atoms with Gasteiger partial charge in [-0.15, -0.1) is 11.3 Å². The minimum atomic E-state index is -5.19.